The zero-order valence-corrected chi connectivity index (χ0v) is 9.99. The van der Waals surface area contributed by atoms with Crippen molar-refractivity contribution in [1.29, 1.82) is 0 Å². The minimum atomic E-state index is -2.20. The van der Waals surface area contributed by atoms with E-state index >= 15 is 0 Å². The van der Waals surface area contributed by atoms with Crippen molar-refractivity contribution < 1.29 is 69.7 Å². The molecule has 0 amide bonds. The average molecular weight is 238 g/mol. The summed E-state index contributed by atoms with van der Waals surface area (Å²) in [5.74, 6) is -1.73. The van der Waals surface area contributed by atoms with E-state index in [4.69, 9.17) is 30.6 Å². The molecule has 15 heavy (non-hydrogen) atoms. The maximum atomic E-state index is 10.1. The molecule has 0 aromatic carbocycles. The van der Waals surface area contributed by atoms with Crippen LogP contribution in [0.2, 0.25) is 0 Å². The molecule has 4 atom stereocenters. The van der Waals surface area contributed by atoms with Crippen LogP contribution in [0.4, 0.5) is 0 Å². The summed E-state index contributed by atoms with van der Waals surface area (Å²) in [4.78, 5) is 10.1. The maximum absolute atomic E-state index is 10.1. The number of halogens is 1. The molecule has 0 fully saturated rings. The number of aliphatic carboxylic acids is 1. The van der Waals surface area contributed by atoms with Crippen LogP contribution >= 0.6 is 0 Å². The number of hydrogen-bond acceptors (Lipinski definition) is 6. The Morgan fingerprint density at radius 2 is 1.47 bits per heavy atom. The van der Waals surface area contributed by atoms with Crippen LogP contribution in [0.25, 0.3) is 0 Å². The van der Waals surface area contributed by atoms with E-state index < -0.39 is 37.0 Å². The van der Waals surface area contributed by atoms with Gasteiger partial charge in [-0.15, -0.1) is 0 Å². The molecule has 4 unspecified atom stereocenters. The van der Waals surface area contributed by atoms with Gasteiger partial charge in [-0.25, -0.2) is 4.79 Å². The Morgan fingerprint density at radius 3 is 1.73 bits per heavy atom. The van der Waals surface area contributed by atoms with Gasteiger partial charge in [-0.05, 0) is 0 Å². The minimum Gasteiger partial charge on any atom is -1.00 e. The Hall–Kier alpha value is 0.200. The Labute approximate surface area is 107 Å². The molecule has 86 valence electrons. The smallest absolute Gasteiger partial charge is 1.00 e. The fourth-order valence-corrected chi connectivity index (χ4v) is 0.668. The Morgan fingerprint density at radius 1 is 1.07 bits per heavy atom. The van der Waals surface area contributed by atoms with Gasteiger partial charge in [0.1, 0.15) is 18.3 Å². The molecule has 0 heterocycles. The fourth-order valence-electron chi connectivity index (χ4n) is 0.668. The summed E-state index contributed by atoms with van der Waals surface area (Å²) in [5.41, 5.74) is 0. The first-order valence-electron chi connectivity index (χ1n) is 3.47. The molecule has 0 radical (unpaired) electrons. The first-order valence-corrected chi connectivity index (χ1v) is 3.47. The number of aliphatic hydroxyl groups excluding tert-OH is 5. The molecule has 0 aliphatic carbocycles. The standard InChI is InChI=1S/C6H12O7.FH.Na/c7-1-2(8)3(9)4(10)5(11)6(12)13;;/h2-5,7-11H,1H2,(H,12,13);1H;/q;;+1/p-1. The van der Waals surface area contributed by atoms with Crippen LogP contribution in [0, 0.1) is 0 Å². The van der Waals surface area contributed by atoms with Gasteiger partial charge >= 0.3 is 35.5 Å². The van der Waals surface area contributed by atoms with Crippen LogP contribution in [-0.2, 0) is 4.79 Å². The van der Waals surface area contributed by atoms with Crippen LogP contribution in [0.15, 0.2) is 0 Å². The normalized spacial score (nSPS) is 17.7. The third kappa shape index (κ3) is 6.38. The molecule has 0 saturated heterocycles. The second kappa shape index (κ2) is 9.43. The summed E-state index contributed by atoms with van der Waals surface area (Å²) in [6.07, 6.45) is -7.84. The van der Waals surface area contributed by atoms with E-state index in [2.05, 4.69) is 0 Å². The Bertz CT molecular complexity index is 181. The quantitative estimate of drug-likeness (QED) is 0.261. The predicted molar refractivity (Wildman–Crippen MR) is 38.7 cm³/mol. The van der Waals surface area contributed by atoms with Crippen LogP contribution in [-0.4, -0.2) is 67.6 Å². The van der Waals surface area contributed by atoms with E-state index in [1.54, 1.807) is 0 Å². The zero-order chi connectivity index (χ0) is 10.6. The third-order valence-corrected chi connectivity index (χ3v) is 1.51. The molecule has 0 aliphatic heterocycles. The number of carboxylic acids is 1. The molecule has 6 N–H and O–H groups in total. The fraction of sp³-hybridized carbons (Fsp3) is 0.833. The molecule has 0 bridgehead atoms. The summed E-state index contributed by atoms with van der Waals surface area (Å²) >= 11 is 0. The molecule has 0 aliphatic rings. The first kappa shape index (κ1) is 20.6. The average Bonchev–Trinajstić information content (AvgIpc) is 2.12. The minimum absolute atomic E-state index is 0. The number of carboxylic acid groups (broad SMARTS) is 1. The van der Waals surface area contributed by atoms with Crippen LogP contribution in [0.3, 0.4) is 0 Å². The van der Waals surface area contributed by atoms with Crippen molar-refractivity contribution in [2.24, 2.45) is 0 Å². The van der Waals surface area contributed by atoms with Crippen molar-refractivity contribution in [3.63, 3.8) is 0 Å². The van der Waals surface area contributed by atoms with Crippen LogP contribution in [0.5, 0.6) is 0 Å². The zero-order valence-electron chi connectivity index (χ0n) is 7.99. The van der Waals surface area contributed by atoms with Gasteiger partial charge in [-0.1, -0.05) is 0 Å². The van der Waals surface area contributed by atoms with Crippen molar-refractivity contribution >= 4 is 5.97 Å². The Kier molecular flexibility index (Phi) is 12.9. The van der Waals surface area contributed by atoms with Gasteiger partial charge in [0, 0.05) is 0 Å². The van der Waals surface area contributed by atoms with Gasteiger partial charge in [0.2, 0.25) is 0 Å². The van der Waals surface area contributed by atoms with E-state index in [-0.39, 0.29) is 34.3 Å². The first-order chi connectivity index (χ1) is 5.91. The van der Waals surface area contributed by atoms with Gasteiger partial charge < -0.3 is 35.3 Å². The maximum Gasteiger partial charge on any atom is 1.00 e. The summed E-state index contributed by atoms with van der Waals surface area (Å²) in [7, 11) is 0. The van der Waals surface area contributed by atoms with Gasteiger partial charge in [-0.3, -0.25) is 0 Å². The molecular weight excluding hydrogens is 226 g/mol. The monoisotopic (exact) mass is 238 g/mol. The molecular formula is C6H12FNaO7. The van der Waals surface area contributed by atoms with E-state index in [1.807, 2.05) is 0 Å². The predicted octanol–water partition coefficient (Wildman–Crippen LogP) is -9.49. The van der Waals surface area contributed by atoms with Crippen molar-refractivity contribution in [3.8, 4) is 0 Å². The van der Waals surface area contributed by atoms with Gasteiger partial charge in [0.25, 0.3) is 0 Å². The van der Waals surface area contributed by atoms with E-state index in [0.717, 1.165) is 0 Å². The molecule has 0 aromatic rings. The van der Waals surface area contributed by atoms with Crippen molar-refractivity contribution in [1.82, 2.24) is 0 Å². The largest absolute Gasteiger partial charge is 1.00 e. The third-order valence-electron chi connectivity index (χ3n) is 1.51. The molecule has 9 heteroatoms. The second-order valence-corrected chi connectivity index (χ2v) is 2.51. The molecule has 0 spiro atoms. The van der Waals surface area contributed by atoms with Crippen molar-refractivity contribution in [2.45, 2.75) is 24.4 Å². The van der Waals surface area contributed by atoms with E-state index in [1.165, 1.54) is 0 Å². The van der Waals surface area contributed by atoms with Gasteiger partial charge in [0.15, 0.2) is 6.10 Å². The summed E-state index contributed by atoms with van der Waals surface area (Å²) in [6, 6.07) is 0. The number of carbonyl (C=O) groups is 1. The summed E-state index contributed by atoms with van der Waals surface area (Å²) < 4.78 is 0. The van der Waals surface area contributed by atoms with Crippen LogP contribution < -0.4 is 34.3 Å². The SMILES string of the molecule is O=C(O)C(O)C(O)C(O)C(O)CO.[F-].[Na+]. The van der Waals surface area contributed by atoms with E-state index in [0.29, 0.717) is 0 Å². The molecule has 0 saturated carbocycles. The number of hydrogen-bond donors (Lipinski definition) is 6. The van der Waals surface area contributed by atoms with Gasteiger partial charge in [0.05, 0.1) is 6.61 Å². The second-order valence-electron chi connectivity index (χ2n) is 2.51. The van der Waals surface area contributed by atoms with Gasteiger partial charge in [-0.2, -0.15) is 0 Å². The Balaban J connectivity index is -0.000000720. The van der Waals surface area contributed by atoms with E-state index in [9.17, 15) is 4.79 Å². The molecule has 0 rings (SSSR count). The van der Waals surface area contributed by atoms with Crippen molar-refractivity contribution in [2.75, 3.05) is 6.61 Å². The number of rotatable bonds is 5. The molecule has 0 aromatic heterocycles. The molecule has 7 nitrogen and oxygen atoms in total. The van der Waals surface area contributed by atoms with Crippen molar-refractivity contribution in [3.05, 3.63) is 0 Å². The topological polar surface area (TPSA) is 138 Å². The van der Waals surface area contributed by atoms with Crippen LogP contribution in [0.1, 0.15) is 0 Å². The number of aliphatic hydroxyl groups is 5. The summed E-state index contributed by atoms with van der Waals surface area (Å²) in [5, 5.41) is 51.8. The summed E-state index contributed by atoms with van der Waals surface area (Å²) in [6.45, 7) is -0.843.